The average molecular weight is 383 g/mol. The Balaban J connectivity index is 1.46. The normalized spacial score (nSPS) is 10.6. The molecule has 0 spiro atoms. The number of rotatable bonds is 5. The fourth-order valence-electron chi connectivity index (χ4n) is 3.08. The summed E-state index contributed by atoms with van der Waals surface area (Å²) in [6.07, 6.45) is 3.93. The van der Waals surface area contributed by atoms with E-state index < -0.39 is 0 Å². The van der Waals surface area contributed by atoms with Crippen molar-refractivity contribution in [2.24, 2.45) is 0 Å². The van der Waals surface area contributed by atoms with Crippen LogP contribution >= 0.6 is 0 Å². The number of nitrogens with zero attached hydrogens (tertiary/aromatic N) is 3. The van der Waals surface area contributed by atoms with Crippen LogP contribution < -0.4 is 10.6 Å². The molecule has 1 amide bonds. The van der Waals surface area contributed by atoms with E-state index in [1.165, 1.54) is 0 Å². The number of anilines is 3. The van der Waals surface area contributed by atoms with Crippen molar-refractivity contribution in [3.05, 3.63) is 96.1 Å². The largest absolute Gasteiger partial charge is 0.324 e. The first-order valence-corrected chi connectivity index (χ1v) is 9.31. The zero-order chi connectivity index (χ0) is 20.2. The molecule has 0 saturated heterocycles. The molecule has 29 heavy (non-hydrogen) atoms. The lowest BCUT2D eigenvalue weighted by Gasteiger charge is -2.10. The fraction of sp³-hybridized carbons (Fsp3) is 0.0870. The number of aromatic nitrogens is 3. The van der Waals surface area contributed by atoms with Gasteiger partial charge in [0.1, 0.15) is 0 Å². The Morgan fingerprint density at radius 2 is 1.48 bits per heavy atom. The van der Waals surface area contributed by atoms with E-state index in [0.29, 0.717) is 17.2 Å². The van der Waals surface area contributed by atoms with Gasteiger partial charge in [-0.15, -0.1) is 0 Å². The van der Waals surface area contributed by atoms with Gasteiger partial charge in [0.2, 0.25) is 5.95 Å². The molecule has 144 valence electrons. The number of carbonyl (C=O) groups excluding carboxylic acids is 1. The molecule has 0 unspecified atom stereocenters. The number of hydrogen-bond donors (Lipinski definition) is 2. The highest BCUT2D eigenvalue weighted by Gasteiger charge is 2.08. The topological polar surface area (TPSA) is 71.8 Å². The van der Waals surface area contributed by atoms with E-state index in [1.54, 1.807) is 0 Å². The van der Waals surface area contributed by atoms with Crippen molar-refractivity contribution in [1.29, 1.82) is 0 Å². The van der Waals surface area contributed by atoms with Crippen LogP contribution in [0.4, 0.5) is 17.3 Å². The summed E-state index contributed by atoms with van der Waals surface area (Å²) in [5.74, 6) is 0.371. The van der Waals surface area contributed by atoms with Crippen LogP contribution in [0.2, 0.25) is 0 Å². The monoisotopic (exact) mass is 383 g/mol. The first kappa shape index (κ1) is 18.4. The molecule has 6 heteroatoms. The van der Waals surface area contributed by atoms with E-state index in [4.69, 9.17) is 0 Å². The van der Waals surface area contributed by atoms with E-state index in [1.807, 2.05) is 97.5 Å². The molecular formula is C23H21N5O. The minimum atomic E-state index is -0.163. The van der Waals surface area contributed by atoms with Gasteiger partial charge >= 0.3 is 0 Å². The molecule has 0 aliphatic carbocycles. The minimum Gasteiger partial charge on any atom is -0.324 e. The summed E-state index contributed by atoms with van der Waals surface area (Å²) in [4.78, 5) is 21.4. The molecule has 0 bridgehead atoms. The molecule has 0 aliphatic heterocycles. The first-order valence-electron chi connectivity index (χ1n) is 9.31. The summed E-state index contributed by atoms with van der Waals surface area (Å²) < 4.78 is 1.99. The van der Waals surface area contributed by atoms with Crippen LogP contribution in [-0.2, 0) is 0 Å². The molecule has 4 aromatic rings. The third-order valence-corrected chi connectivity index (χ3v) is 4.39. The number of carbonyl (C=O) groups is 1. The average Bonchev–Trinajstić information content (AvgIpc) is 3.22. The lowest BCUT2D eigenvalue weighted by molar-refractivity contribution is 0.102. The Kier molecular flexibility index (Phi) is 5.07. The summed E-state index contributed by atoms with van der Waals surface area (Å²) in [6, 6.07) is 20.8. The molecule has 0 aliphatic rings. The second-order valence-corrected chi connectivity index (χ2v) is 6.77. The molecule has 4 rings (SSSR count). The van der Waals surface area contributed by atoms with Gasteiger partial charge in [0.05, 0.1) is 0 Å². The summed E-state index contributed by atoms with van der Waals surface area (Å²) in [6.45, 7) is 3.86. The van der Waals surface area contributed by atoms with Crippen LogP contribution in [0.25, 0.3) is 5.69 Å². The summed E-state index contributed by atoms with van der Waals surface area (Å²) in [7, 11) is 0. The van der Waals surface area contributed by atoms with Crippen LogP contribution in [0, 0.1) is 13.8 Å². The van der Waals surface area contributed by atoms with Gasteiger partial charge in [-0.05, 0) is 74.5 Å². The fourth-order valence-corrected chi connectivity index (χ4v) is 3.08. The second-order valence-electron chi connectivity index (χ2n) is 6.77. The number of nitrogens with one attached hydrogen (secondary N) is 2. The SMILES string of the molecule is Cc1cc(C)nc(Nc2cccc(NC(=O)c3ccc(-n4cccc4)cc3)c2)n1. The Labute approximate surface area is 169 Å². The van der Waals surface area contributed by atoms with Gasteiger partial charge in [-0.1, -0.05) is 6.07 Å². The first-order chi connectivity index (χ1) is 14.1. The molecule has 2 aromatic carbocycles. The molecule has 0 radical (unpaired) electrons. The highest BCUT2D eigenvalue weighted by atomic mass is 16.1. The summed E-state index contributed by atoms with van der Waals surface area (Å²) in [5, 5.41) is 6.12. The number of benzene rings is 2. The lowest BCUT2D eigenvalue weighted by atomic mass is 10.2. The van der Waals surface area contributed by atoms with E-state index >= 15 is 0 Å². The second kappa shape index (κ2) is 7.98. The van der Waals surface area contributed by atoms with Crippen LogP contribution in [0.15, 0.2) is 79.1 Å². The summed E-state index contributed by atoms with van der Waals surface area (Å²) >= 11 is 0. The van der Waals surface area contributed by atoms with Crippen LogP contribution in [-0.4, -0.2) is 20.4 Å². The quantitative estimate of drug-likeness (QED) is 0.515. The van der Waals surface area contributed by atoms with Crippen LogP contribution in [0.5, 0.6) is 0 Å². The molecule has 6 nitrogen and oxygen atoms in total. The zero-order valence-electron chi connectivity index (χ0n) is 16.3. The van der Waals surface area contributed by atoms with Crippen LogP contribution in [0.1, 0.15) is 21.7 Å². The van der Waals surface area contributed by atoms with Gasteiger partial charge in [-0.2, -0.15) is 0 Å². The number of amides is 1. The van der Waals surface area contributed by atoms with Gasteiger partial charge in [0.25, 0.3) is 5.91 Å². The maximum atomic E-state index is 12.6. The maximum absolute atomic E-state index is 12.6. The molecular weight excluding hydrogens is 362 g/mol. The minimum absolute atomic E-state index is 0.163. The molecule has 0 fully saturated rings. The van der Waals surface area contributed by atoms with E-state index in [0.717, 1.165) is 22.8 Å². The van der Waals surface area contributed by atoms with Gasteiger partial charge in [-0.3, -0.25) is 4.79 Å². The van der Waals surface area contributed by atoms with Crippen molar-refractivity contribution in [3.8, 4) is 5.69 Å². The van der Waals surface area contributed by atoms with Gasteiger partial charge < -0.3 is 15.2 Å². The van der Waals surface area contributed by atoms with Crippen molar-refractivity contribution in [2.75, 3.05) is 10.6 Å². The van der Waals surface area contributed by atoms with E-state index in [-0.39, 0.29) is 5.91 Å². The van der Waals surface area contributed by atoms with Crippen molar-refractivity contribution in [3.63, 3.8) is 0 Å². The third-order valence-electron chi connectivity index (χ3n) is 4.39. The Bertz CT molecular complexity index is 1110. The number of hydrogen-bond acceptors (Lipinski definition) is 4. The smallest absolute Gasteiger partial charge is 0.255 e. The highest BCUT2D eigenvalue weighted by molar-refractivity contribution is 6.04. The molecule has 2 heterocycles. The number of aryl methyl sites for hydroxylation is 2. The van der Waals surface area contributed by atoms with Gasteiger partial charge in [0.15, 0.2) is 0 Å². The van der Waals surface area contributed by atoms with Crippen molar-refractivity contribution < 1.29 is 4.79 Å². The van der Waals surface area contributed by atoms with Gasteiger partial charge in [0, 0.05) is 46.4 Å². The Morgan fingerprint density at radius 3 is 2.17 bits per heavy atom. The molecule has 0 atom stereocenters. The van der Waals surface area contributed by atoms with E-state index in [2.05, 4.69) is 20.6 Å². The Hall–Kier alpha value is -3.93. The molecule has 0 saturated carbocycles. The summed E-state index contributed by atoms with van der Waals surface area (Å²) in [5.41, 5.74) is 4.89. The molecule has 2 N–H and O–H groups in total. The standard InChI is InChI=1S/C23H21N5O/c1-16-14-17(2)25-23(24-16)27-20-7-5-6-19(15-20)26-22(29)18-8-10-21(11-9-18)28-12-3-4-13-28/h3-15H,1-2H3,(H,26,29)(H,24,25,27). The van der Waals surface area contributed by atoms with Crippen molar-refractivity contribution >= 4 is 23.2 Å². The Morgan fingerprint density at radius 1 is 0.828 bits per heavy atom. The lowest BCUT2D eigenvalue weighted by Crippen LogP contribution is -2.12. The van der Waals surface area contributed by atoms with Crippen molar-refractivity contribution in [1.82, 2.24) is 14.5 Å². The van der Waals surface area contributed by atoms with Gasteiger partial charge in [-0.25, -0.2) is 9.97 Å². The van der Waals surface area contributed by atoms with Crippen LogP contribution in [0.3, 0.4) is 0 Å². The maximum Gasteiger partial charge on any atom is 0.255 e. The third kappa shape index (κ3) is 4.50. The predicted octanol–water partition coefficient (Wildman–Crippen LogP) is 4.88. The zero-order valence-corrected chi connectivity index (χ0v) is 16.3. The van der Waals surface area contributed by atoms with E-state index in [9.17, 15) is 4.79 Å². The highest BCUT2D eigenvalue weighted by Crippen LogP contribution is 2.19. The van der Waals surface area contributed by atoms with Crippen molar-refractivity contribution in [2.45, 2.75) is 13.8 Å². The predicted molar refractivity (Wildman–Crippen MR) is 115 cm³/mol. The molecule has 2 aromatic heterocycles.